The maximum Gasteiger partial charge on any atom is 0.573 e. The SMILES string of the molecule is Cc1ccc(-c2noc(C)c2-c2ccc([S+](C)[O-])c(F)c2)cc1OC(F)(F)F. The predicted octanol–water partition coefficient (Wildman–Crippen LogP) is 5.40. The van der Waals surface area contributed by atoms with Crippen LogP contribution in [-0.4, -0.2) is 22.3 Å². The van der Waals surface area contributed by atoms with Crippen molar-refractivity contribution in [1.82, 2.24) is 5.16 Å². The van der Waals surface area contributed by atoms with Gasteiger partial charge in [0, 0.05) is 5.56 Å². The molecule has 0 radical (unpaired) electrons. The summed E-state index contributed by atoms with van der Waals surface area (Å²) in [6.45, 7) is 3.09. The first-order chi connectivity index (χ1) is 13.1. The van der Waals surface area contributed by atoms with Crippen LogP contribution in [0.3, 0.4) is 0 Å². The van der Waals surface area contributed by atoms with Crippen LogP contribution in [0.1, 0.15) is 11.3 Å². The van der Waals surface area contributed by atoms with E-state index in [0.717, 1.165) is 0 Å². The van der Waals surface area contributed by atoms with Gasteiger partial charge < -0.3 is 13.8 Å². The van der Waals surface area contributed by atoms with Gasteiger partial charge >= 0.3 is 6.36 Å². The summed E-state index contributed by atoms with van der Waals surface area (Å²) in [7, 11) is 0. The number of ether oxygens (including phenoxy) is 1. The molecule has 0 aliphatic heterocycles. The van der Waals surface area contributed by atoms with Crippen molar-refractivity contribution in [3.8, 4) is 28.1 Å². The lowest BCUT2D eigenvalue weighted by atomic mass is 9.98. The standard InChI is InChI=1S/C19H15F4NO3S/c1-10-4-5-13(9-15(10)26-19(21,22)23)18-17(11(2)27-24-18)12-6-7-16(28(3)25)14(20)8-12/h4-9H,1-3H3. The summed E-state index contributed by atoms with van der Waals surface area (Å²) in [4.78, 5) is 0.0515. The van der Waals surface area contributed by atoms with Crippen LogP contribution in [0.2, 0.25) is 0 Å². The van der Waals surface area contributed by atoms with Gasteiger partial charge in [0.25, 0.3) is 0 Å². The Morgan fingerprint density at radius 3 is 2.36 bits per heavy atom. The Bertz CT molecular complexity index is 1010. The van der Waals surface area contributed by atoms with Gasteiger partial charge in [0.05, 0.1) is 5.56 Å². The van der Waals surface area contributed by atoms with Gasteiger partial charge in [0.2, 0.25) is 0 Å². The molecule has 1 unspecified atom stereocenters. The van der Waals surface area contributed by atoms with Crippen LogP contribution in [0, 0.1) is 19.7 Å². The number of benzene rings is 2. The molecule has 1 atom stereocenters. The highest BCUT2D eigenvalue weighted by Gasteiger charge is 2.32. The zero-order valence-electron chi connectivity index (χ0n) is 15.1. The van der Waals surface area contributed by atoms with E-state index >= 15 is 0 Å². The van der Waals surface area contributed by atoms with Crippen molar-refractivity contribution >= 4 is 11.2 Å². The predicted molar refractivity (Wildman–Crippen MR) is 95.8 cm³/mol. The molecule has 0 aliphatic carbocycles. The van der Waals surface area contributed by atoms with Crippen LogP contribution >= 0.6 is 0 Å². The molecule has 1 heterocycles. The first kappa shape index (κ1) is 20.2. The lowest BCUT2D eigenvalue weighted by Crippen LogP contribution is -2.17. The maximum atomic E-state index is 14.3. The number of hydrogen-bond donors (Lipinski definition) is 0. The number of rotatable bonds is 4. The Morgan fingerprint density at radius 1 is 1.07 bits per heavy atom. The van der Waals surface area contributed by atoms with Crippen molar-refractivity contribution in [2.45, 2.75) is 25.1 Å². The van der Waals surface area contributed by atoms with E-state index in [0.29, 0.717) is 28.0 Å². The van der Waals surface area contributed by atoms with Gasteiger partial charge in [-0.15, -0.1) is 13.2 Å². The first-order valence-electron chi connectivity index (χ1n) is 8.03. The van der Waals surface area contributed by atoms with Crippen LogP contribution in [0.15, 0.2) is 45.8 Å². The van der Waals surface area contributed by atoms with Gasteiger partial charge in [-0.25, -0.2) is 4.39 Å². The Morgan fingerprint density at radius 2 is 1.75 bits per heavy atom. The first-order valence-corrected chi connectivity index (χ1v) is 9.59. The minimum Gasteiger partial charge on any atom is -0.612 e. The highest BCUT2D eigenvalue weighted by molar-refractivity contribution is 7.90. The molecule has 148 valence electrons. The van der Waals surface area contributed by atoms with Crippen molar-refractivity contribution in [2.24, 2.45) is 0 Å². The summed E-state index contributed by atoms with van der Waals surface area (Å²) in [5.41, 5.74) is 1.69. The highest BCUT2D eigenvalue weighted by Crippen LogP contribution is 2.38. The number of nitrogens with zero attached hydrogens (tertiary/aromatic N) is 1. The van der Waals surface area contributed by atoms with E-state index in [1.165, 1.54) is 37.4 Å². The second-order valence-electron chi connectivity index (χ2n) is 6.09. The molecule has 0 spiro atoms. The number of alkyl halides is 3. The van der Waals surface area contributed by atoms with Crippen LogP contribution in [0.25, 0.3) is 22.4 Å². The summed E-state index contributed by atoms with van der Waals surface area (Å²) in [5, 5.41) is 3.92. The third-order valence-electron chi connectivity index (χ3n) is 4.08. The van der Waals surface area contributed by atoms with E-state index in [-0.39, 0.29) is 16.3 Å². The zero-order chi connectivity index (χ0) is 20.6. The summed E-state index contributed by atoms with van der Waals surface area (Å²) < 4.78 is 72.9. The van der Waals surface area contributed by atoms with Crippen LogP contribution in [0.5, 0.6) is 5.75 Å². The lowest BCUT2D eigenvalue weighted by molar-refractivity contribution is -0.274. The summed E-state index contributed by atoms with van der Waals surface area (Å²) in [6, 6.07) is 8.39. The Balaban J connectivity index is 2.09. The average molecular weight is 413 g/mol. The molecular formula is C19H15F4NO3S. The van der Waals surface area contributed by atoms with E-state index < -0.39 is 23.4 Å². The largest absolute Gasteiger partial charge is 0.612 e. The molecule has 0 saturated carbocycles. The topological polar surface area (TPSA) is 58.3 Å². The van der Waals surface area contributed by atoms with E-state index in [9.17, 15) is 22.1 Å². The number of aryl methyl sites for hydroxylation is 2. The van der Waals surface area contributed by atoms with Crippen molar-refractivity contribution in [1.29, 1.82) is 0 Å². The minimum absolute atomic E-state index is 0.0515. The molecule has 4 nitrogen and oxygen atoms in total. The molecule has 3 rings (SSSR count). The van der Waals surface area contributed by atoms with Gasteiger partial charge in [-0.2, -0.15) is 0 Å². The van der Waals surface area contributed by atoms with E-state index in [1.54, 1.807) is 19.1 Å². The van der Waals surface area contributed by atoms with Crippen molar-refractivity contribution in [2.75, 3.05) is 6.26 Å². The third-order valence-corrected chi connectivity index (χ3v) is 5.03. The Hall–Kier alpha value is -2.52. The van der Waals surface area contributed by atoms with Crippen LogP contribution in [0.4, 0.5) is 17.6 Å². The minimum atomic E-state index is -4.83. The summed E-state index contributed by atoms with van der Waals surface area (Å²) >= 11 is -1.49. The van der Waals surface area contributed by atoms with E-state index in [4.69, 9.17) is 4.52 Å². The number of hydrogen-bond acceptors (Lipinski definition) is 4. The Labute approximate surface area is 161 Å². The molecule has 0 amide bonds. The monoisotopic (exact) mass is 413 g/mol. The van der Waals surface area contributed by atoms with Crippen LogP contribution in [-0.2, 0) is 11.2 Å². The second kappa shape index (κ2) is 7.48. The summed E-state index contributed by atoms with van der Waals surface area (Å²) in [6.07, 6.45) is -3.47. The van der Waals surface area contributed by atoms with Gasteiger partial charge in [0.15, 0.2) is 10.7 Å². The Kier molecular flexibility index (Phi) is 5.40. The molecule has 0 saturated heterocycles. The second-order valence-corrected chi connectivity index (χ2v) is 7.44. The quantitative estimate of drug-likeness (QED) is 0.424. The third kappa shape index (κ3) is 4.15. The fourth-order valence-electron chi connectivity index (χ4n) is 2.78. The molecule has 3 aromatic rings. The zero-order valence-corrected chi connectivity index (χ0v) is 15.9. The molecule has 1 aromatic heterocycles. The molecular weight excluding hydrogens is 398 g/mol. The fourth-order valence-corrected chi connectivity index (χ4v) is 3.37. The van der Waals surface area contributed by atoms with Crippen molar-refractivity contribution < 1.29 is 31.4 Å². The fraction of sp³-hybridized carbons (Fsp3) is 0.211. The maximum absolute atomic E-state index is 14.3. The average Bonchev–Trinajstić information content (AvgIpc) is 2.96. The molecule has 2 aromatic carbocycles. The molecule has 0 N–H and O–H groups in total. The van der Waals surface area contributed by atoms with Crippen LogP contribution < -0.4 is 4.74 Å². The molecule has 0 aliphatic rings. The van der Waals surface area contributed by atoms with Crippen molar-refractivity contribution in [3.05, 3.63) is 53.5 Å². The van der Waals surface area contributed by atoms with E-state index in [1.807, 2.05) is 0 Å². The van der Waals surface area contributed by atoms with Gasteiger partial charge in [-0.3, -0.25) is 0 Å². The van der Waals surface area contributed by atoms with Crippen molar-refractivity contribution in [3.63, 3.8) is 0 Å². The van der Waals surface area contributed by atoms with Gasteiger partial charge in [-0.1, -0.05) is 17.3 Å². The van der Waals surface area contributed by atoms with Gasteiger partial charge in [-0.05, 0) is 60.4 Å². The molecule has 0 fully saturated rings. The summed E-state index contributed by atoms with van der Waals surface area (Å²) in [5.74, 6) is -0.659. The molecule has 9 heteroatoms. The number of halogens is 4. The smallest absolute Gasteiger partial charge is 0.573 e. The molecule has 28 heavy (non-hydrogen) atoms. The normalized spacial score (nSPS) is 12.9. The lowest BCUT2D eigenvalue weighted by Gasteiger charge is -2.13. The van der Waals surface area contributed by atoms with E-state index in [2.05, 4.69) is 9.89 Å². The highest BCUT2D eigenvalue weighted by atomic mass is 32.2. The molecule has 0 bridgehead atoms. The van der Waals surface area contributed by atoms with Gasteiger partial charge in [0.1, 0.15) is 23.5 Å². The number of aromatic nitrogens is 1.